The number of halogens is 2. The van der Waals surface area contributed by atoms with E-state index in [-0.39, 0.29) is 0 Å². The highest BCUT2D eigenvalue weighted by Gasteiger charge is 2.69. The Morgan fingerprint density at radius 2 is 0.955 bits per heavy atom. The highest BCUT2D eigenvalue weighted by Crippen LogP contribution is 2.63. The molecule has 22 heavy (non-hydrogen) atoms. The van der Waals surface area contributed by atoms with E-state index in [1.54, 1.807) is 5.19 Å². The lowest BCUT2D eigenvalue weighted by molar-refractivity contribution is 1.23. The predicted octanol–water partition coefficient (Wildman–Crippen LogP) is 6.58. The van der Waals surface area contributed by atoms with E-state index in [1.165, 1.54) is 0 Å². The Hall–Kier alpha value is 1.55. The molecule has 0 spiro atoms. The van der Waals surface area contributed by atoms with Gasteiger partial charge in [-0.05, 0) is 9.09 Å². The minimum atomic E-state index is -1.64. The van der Waals surface area contributed by atoms with Gasteiger partial charge in [-0.1, -0.05) is 133 Å². The molecular weight excluding hydrogens is 558 g/mol. The van der Waals surface area contributed by atoms with E-state index in [2.05, 4.69) is 133 Å². The van der Waals surface area contributed by atoms with Crippen molar-refractivity contribution < 1.29 is 0 Å². The summed E-state index contributed by atoms with van der Waals surface area (Å²) >= 11 is 5.92. The van der Waals surface area contributed by atoms with Crippen LogP contribution in [-0.4, -0.2) is 27.3 Å². The maximum atomic E-state index is 2.96. The number of hydrogen-bond donors (Lipinski definition) is 0. The molecule has 0 fully saturated rings. The highest BCUT2D eigenvalue weighted by molar-refractivity contribution is 14.3. The molecule has 0 unspecified atom stereocenters. The molecule has 0 aliphatic rings. The summed E-state index contributed by atoms with van der Waals surface area (Å²) in [4.78, 5) is 0. The van der Waals surface area contributed by atoms with Crippen molar-refractivity contribution in [2.45, 2.75) is 62.8 Å². The minimum Gasteiger partial charge on any atom is -0.0988 e. The van der Waals surface area contributed by atoms with E-state index >= 15 is 0 Å². The van der Waals surface area contributed by atoms with Crippen molar-refractivity contribution in [3.8, 4) is 0 Å². The van der Waals surface area contributed by atoms with Gasteiger partial charge in [0.05, 0.1) is 0 Å². The zero-order valence-electron chi connectivity index (χ0n) is 15.6. The molecule has 1 aromatic rings. The molecule has 0 nitrogen and oxygen atoms in total. The lowest BCUT2D eigenvalue weighted by Gasteiger charge is -2.64. The van der Waals surface area contributed by atoms with Gasteiger partial charge in [-0.25, -0.2) is 0 Å². The summed E-state index contributed by atoms with van der Waals surface area (Å²) in [5, 5.41) is 1.66. The topological polar surface area (TPSA) is 0 Å². The number of hydrogen-bond acceptors (Lipinski definition) is 0. The minimum absolute atomic E-state index is 0.641. The van der Waals surface area contributed by atoms with Gasteiger partial charge >= 0.3 is 0 Å². The molecular formula is C16H32I2Si4. The fourth-order valence-corrected chi connectivity index (χ4v) is 92.1. The van der Waals surface area contributed by atoms with Gasteiger partial charge in [-0.15, -0.1) is 0 Å². The van der Waals surface area contributed by atoms with E-state index in [0.29, 0.717) is 3.91 Å². The molecule has 126 valence electrons. The Morgan fingerprint density at radius 1 is 0.636 bits per heavy atom. The van der Waals surface area contributed by atoms with Crippen LogP contribution in [0.3, 0.4) is 0 Å². The van der Waals surface area contributed by atoms with E-state index in [4.69, 9.17) is 0 Å². The van der Waals surface area contributed by atoms with Crippen LogP contribution in [-0.2, 0) is 0 Å². The summed E-state index contributed by atoms with van der Waals surface area (Å²) in [6, 6.07) is 11.5. The van der Waals surface area contributed by atoms with Crippen LogP contribution >= 0.6 is 43.6 Å². The monoisotopic (exact) mass is 590 g/mol. The first-order valence-electron chi connectivity index (χ1n) is 8.04. The second-order valence-electron chi connectivity index (χ2n) is 9.44. The second-order valence-corrected chi connectivity index (χ2v) is 46.6. The largest absolute Gasteiger partial charge is 0.219 e. The third-order valence-corrected chi connectivity index (χ3v) is 55.1. The summed E-state index contributed by atoms with van der Waals surface area (Å²) in [7, 11) is -4.07. The average Bonchev–Trinajstić information content (AvgIpc) is 2.23. The molecule has 0 saturated carbocycles. The summed E-state index contributed by atoms with van der Waals surface area (Å²) < 4.78 is -0.999. The third kappa shape index (κ3) is 3.42. The van der Waals surface area contributed by atoms with Crippen molar-refractivity contribution in [2.24, 2.45) is 0 Å². The molecule has 0 aliphatic carbocycles. The molecule has 0 amide bonds. The standard InChI is InChI=1S/C16H32I2Si4/c1-19(2,3)16(20(4,5)6,21(7,8)9)22(17,18)15-13-11-10-12-14-15/h10-14H,1-9H3. The Balaban J connectivity index is 3.87. The molecule has 0 aliphatic heterocycles. The molecule has 1 aromatic carbocycles. The van der Waals surface area contributed by atoms with Crippen LogP contribution in [0.1, 0.15) is 0 Å². The lowest BCUT2D eigenvalue weighted by Crippen LogP contribution is -2.76. The first-order chi connectivity index (χ1) is 9.61. The third-order valence-electron chi connectivity index (χ3n) is 4.98. The molecule has 1 rings (SSSR count). The smallest absolute Gasteiger partial charge is 0.0988 e. The fraction of sp³-hybridized carbons (Fsp3) is 0.625. The quantitative estimate of drug-likeness (QED) is 0.207. The van der Waals surface area contributed by atoms with Crippen molar-refractivity contribution in [2.75, 3.05) is 0 Å². The zero-order chi connectivity index (χ0) is 17.6. The van der Waals surface area contributed by atoms with Crippen molar-refractivity contribution in [3.63, 3.8) is 0 Å². The Labute approximate surface area is 167 Å². The van der Waals surface area contributed by atoms with Gasteiger partial charge in [0.15, 0.2) is 0 Å². The number of benzene rings is 1. The van der Waals surface area contributed by atoms with Gasteiger partial charge in [0, 0.05) is 24.2 Å². The van der Waals surface area contributed by atoms with Gasteiger partial charge in [0.2, 0.25) is 3.07 Å². The Morgan fingerprint density at radius 3 is 1.23 bits per heavy atom. The lowest BCUT2D eigenvalue weighted by atomic mass is 10.4. The second kappa shape index (κ2) is 6.69. The maximum Gasteiger partial charge on any atom is 0.219 e. The van der Waals surface area contributed by atoms with E-state index < -0.39 is 27.3 Å². The molecule has 0 aromatic heterocycles. The molecule has 0 radical (unpaired) electrons. The van der Waals surface area contributed by atoms with Crippen LogP contribution < -0.4 is 5.19 Å². The van der Waals surface area contributed by atoms with Crippen LogP contribution in [0.4, 0.5) is 0 Å². The van der Waals surface area contributed by atoms with Gasteiger partial charge in [0.1, 0.15) is 0 Å². The van der Waals surface area contributed by atoms with Crippen LogP contribution in [0.15, 0.2) is 30.3 Å². The van der Waals surface area contributed by atoms with Crippen molar-refractivity contribution in [3.05, 3.63) is 30.3 Å². The van der Waals surface area contributed by atoms with E-state index in [9.17, 15) is 0 Å². The highest BCUT2D eigenvalue weighted by atomic mass is 127. The maximum absolute atomic E-state index is 2.96. The van der Waals surface area contributed by atoms with Gasteiger partial charge in [0.25, 0.3) is 0 Å². The summed E-state index contributed by atoms with van der Waals surface area (Å²) in [6.07, 6.45) is 0. The summed E-state index contributed by atoms with van der Waals surface area (Å²) in [5.41, 5.74) is 0. The number of rotatable bonds is 5. The SMILES string of the molecule is C[Si](C)(C)C([Si](C)(C)C)([Si](C)(C)C)[Si](I)(I)c1ccccc1. The van der Waals surface area contributed by atoms with Gasteiger partial charge in [-0.2, -0.15) is 0 Å². The fourth-order valence-electron chi connectivity index (χ4n) is 5.65. The Kier molecular flexibility index (Phi) is 6.57. The molecule has 6 heteroatoms. The van der Waals surface area contributed by atoms with Crippen LogP contribution in [0.25, 0.3) is 0 Å². The van der Waals surface area contributed by atoms with Crippen molar-refractivity contribution in [1.82, 2.24) is 0 Å². The predicted molar refractivity (Wildman–Crippen MR) is 133 cm³/mol. The summed E-state index contributed by atoms with van der Waals surface area (Å²) in [6.45, 7) is 23.9. The van der Waals surface area contributed by atoms with Gasteiger partial charge < -0.3 is 0 Å². The summed E-state index contributed by atoms with van der Waals surface area (Å²) in [5.74, 6) is 0. The normalized spacial score (nSPS) is 15.0. The van der Waals surface area contributed by atoms with Crippen molar-refractivity contribution in [1.29, 1.82) is 0 Å². The first kappa shape index (κ1) is 21.6. The molecule has 0 N–H and O–H groups in total. The van der Waals surface area contributed by atoms with E-state index in [1.807, 2.05) is 0 Å². The van der Waals surface area contributed by atoms with Gasteiger partial charge in [-0.3, -0.25) is 0 Å². The van der Waals surface area contributed by atoms with Crippen LogP contribution in [0.5, 0.6) is 0 Å². The zero-order valence-corrected chi connectivity index (χ0v) is 24.0. The average molecular weight is 591 g/mol. The molecule has 0 bridgehead atoms. The van der Waals surface area contributed by atoms with Crippen LogP contribution in [0.2, 0.25) is 62.8 Å². The van der Waals surface area contributed by atoms with Crippen LogP contribution in [0, 0.1) is 0 Å². The van der Waals surface area contributed by atoms with E-state index in [0.717, 1.165) is 0 Å². The molecule has 0 heterocycles. The first-order valence-corrected chi connectivity index (χ1v) is 26.8. The van der Waals surface area contributed by atoms with Crippen molar-refractivity contribution >= 4 is 76.1 Å². The molecule has 0 saturated heterocycles. The Bertz CT molecular complexity index is 472. The molecule has 0 atom stereocenters.